The maximum absolute atomic E-state index is 13.0. The minimum absolute atomic E-state index is 0.0558. The highest BCUT2D eigenvalue weighted by atomic mass is 32.2. The van der Waals surface area contributed by atoms with Crippen LogP contribution in [-0.2, 0) is 29.0 Å². The van der Waals surface area contributed by atoms with E-state index in [1.165, 1.54) is 26.9 Å². The van der Waals surface area contributed by atoms with Crippen LogP contribution in [0.15, 0.2) is 47.4 Å². The van der Waals surface area contributed by atoms with Gasteiger partial charge < -0.3 is 4.90 Å². The molecule has 1 aliphatic carbocycles. The number of hydrogen-bond donors (Lipinski definition) is 0. The molecule has 1 fully saturated rings. The average molecular weight is 438 g/mol. The Labute approximate surface area is 173 Å². The van der Waals surface area contributed by atoms with E-state index in [2.05, 4.69) is 0 Å². The van der Waals surface area contributed by atoms with E-state index in [0.29, 0.717) is 0 Å². The van der Waals surface area contributed by atoms with E-state index in [4.69, 9.17) is 0 Å². The molecule has 5 nitrogen and oxygen atoms in total. The molecule has 9 heteroatoms. The van der Waals surface area contributed by atoms with E-state index in [1.54, 1.807) is 12.1 Å². The van der Waals surface area contributed by atoms with Crippen molar-refractivity contribution in [3.8, 4) is 0 Å². The number of sulfonamides is 1. The summed E-state index contributed by atoms with van der Waals surface area (Å²) in [4.78, 5) is 14.3. The quantitative estimate of drug-likeness (QED) is 0.739. The number of halogens is 3. The monoisotopic (exact) mass is 438 g/mol. The van der Waals surface area contributed by atoms with Gasteiger partial charge in [0.1, 0.15) is 0 Å². The van der Waals surface area contributed by atoms with Crippen LogP contribution >= 0.6 is 0 Å². The SMILES string of the molecule is O=C(c1cccc(C(F)(F)F)c1)N1CCN(S(=O)(=O)c2ccc3c(c2)CCC3)CC1. The summed E-state index contributed by atoms with van der Waals surface area (Å²) < 4.78 is 66.0. The molecule has 0 atom stereocenters. The molecule has 0 saturated carbocycles. The Hall–Kier alpha value is -2.39. The number of alkyl halides is 3. The van der Waals surface area contributed by atoms with Gasteiger partial charge in [-0.15, -0.1) is 0 Å². The number of aryl methyl sites for hydroxylation is 2. The van der Waals surface area contributed by atoms with Crippen LogP contribution < -0.4 is 0 Å². The molecule has 0 unspecified atom stereocenters. The third kappa shape index (κ3) is 3.96. The predicted molar refractivity (Wildman–Crippen MR) is 105 cm³/mol. The Kier molecular flexibility index (Phi) is 5.36. The van der Waals surface area contributed by atoms with E-state index in [1.807, 2.05) is 6.07 Å². The molecule has 0 aromatic heterocycles. The Morgan fingerprint density at radius 2 is 1.60 bits per heavy atom. The topological polar surface area (TPSA) is 57.7 Å². The van der Waals surface area contributed by atoms with Gasteiger partial charge in [-0.2, -0.15) is 17.5 Å². The van der Waals surface area contributed by atoms with Crippen LogP contribution in [0.5, 0.6) is 0 Å². The summed E-state index contributed by atoms with van der Waals surface area (Å²) in [6.45, 7) is 0.451. The number of hydrogen-bond acceptors (Lipinski definition) is 3. The Bertz CT molecular complexity index is 1080. The fraction of sp³-hybridized carbons (Fsp3) is 0.381. The first kappa shape index (κ1) is 20.9. The van der Waals surface area contributed by atoms with Gasteiger partial charge in [-0.1, -0.05) is 12.1 Å². The number of carbonyl (C=O) groups excluding carboxylic acids is 1. The van der Waals surface area contributed by atoms with Crippen molar-refractivity contribution in [2.45, 2.75) is 30.3 Å². The van der Waals surface area contributed by atoms with Gasteiger partial charge in [0.2, 0.25) is 10.0 Å². The van der Waals surface area contributed by atoms with Gasteiger partial charge in [0, 0.05) is 31.7 Å². The lowest BCUT2D eigenvalue weighted by Gasteiger charge is -2.34. The molecule has 0 N–H and O–H groups in total. The molecule has 0 radical (unpaired) electrons. The first-order valence-electron chi connectivity index (χ1n) is 9.75. The number of nitrogens with zero attached hydrogens (tertiary/aromatic N) is 2. The zero-order valence-corrected chi connectivity index (χ0v) is 17.0. The summed E-state index contributed by atoms with van der Waals surface area (Å²) >= 11 is 0. The summed E-state index contributed by atoms with van der Waals surface area (Å²) in [6.07, 6.45) is -1.67. The first-order chi connectivity index (χ1) is 14.2. The van der Waals surface area contributed by atoms with E-state index in [9.17, 15) is 26.4 Å². The van der Waals surface area contributed by atoms with Crippen molar-refractivity contribution in [2.75, 3.05) is 26.2 Å². The number of piperazine rings is 1. The normalized spacial score (nSPS) is 17.8. The fourth-order valence-corrected chi connectivity index (χ4v) is 5.47. The van der Waals surface area contributed by atoms with Crippen molar-refractivity contribution in [1.82, 2.24) is 9.21 Å². The van der Waals surface area contributed by atoms with Crippen LogP contribution in [0.1, 0.15) is 33.5 Å². The van der Waals surface area contributed by atoms with Crippen LogP contribution in [0.2, 0.25) is 0 Å². The molecule has 1 saturated heterocycles. The van der Waals surface area contributed by atoms with Crippen molar-refractivity contribution in [2.24, 2.45) is 0 Å². The van der Waals surface area contributed by atoms with Crippen molar-refractivity contribution in [1.29, 1.82) is 0 Å². The van der Waals surface area contributed by atoms with Gasteiger partial charge in [-0.05, 0) is 60.7 Å². The van der Waals surface area contributed by atoms with Crippen molar-refractivity contribution >= 4 is 15.9 Å². The molecule has 1 heterocycles. The second kappa shape index (κ2) is 7.70. The van der Waals surface area contributed by atoms with Gasteiger partial charge in [0.25, 0.3) is 5.91 Å². The summed E-state index contributed by atoms with van der Waals surface area (Å²) in [7, 11) is -3.68. The van der Waals surface area contributed by atoms with Crippen LogP contribution in [0.25, 0.3) is 0 Å². The molecular weight excluding hydrogens is 417 g/mol. The third-order valence-electron chi connectivity index (χ3n) is 5.67. The van der Waals surface area contributed by atoms with Crippen molar-refractivity contribution in [3.05, 3.63) is 64.7 Å². The number of fused-ring (bicyclic) bond motifs is 1. The molecule has 2 aliphatic rings. The van der Waals surface area contributed by atoms with E-state index < -0.39 is 27.7 Å². The minimum atomic E-state index is -4.53. The largest absolute Gasteiger partial charge is 0.416 e. The Balaban J connectivity index is 1.45. The highest BCUT2D eigenvalue weighted by Gasteiger charge is 2.33. The Morgan fingerprint density at radius 3 is 2.30 bits per heavy atom. The number of amides is 1. The first-order valence-corrected chi connectivity index (χ1v) is 11.2. The average Bonchev–Trinajstić information content (AvgIpc) is 3.21. The molecule has 1 amide bonds. The molecule has 2 aromatic carbocycles. The smallest absolute Gasteiger partial charge is 0.336 e. The van der Waals surface area contributed by atoms with Gasteiger partial charge in [0.05, 0.1) is 10.5 Å². The van der Waals surface area contributed by atoms with Crippen molar-refractivity contribution in [3.63, 3.8) is 0 Å². The number of rotatable bonds is 3. The molecule has 2 aromatic rings. The van der Waals surface area contributed by atoms with Gasteiger partial charge >= 0.3 is 6.18 Å². The molecule has 4 rings (SSSR count). The molecule has 0 spiro atoms. The molecule has 30 heavy (non-hydrogen) atoms. The van der Waals surface area contributed by atoms with Crippen LogP contribution in [0.4, 0.5) is 13.2 Å². The van der Waals surface area contributed by atoms with Crippen molar-refractivity contribution < 1.29 is 26.4 Å². The summed E-state index contributed by atoms with van der Waals surface area (Å²) in [5.41, 5.74) is 1.31. The maximum Gasteiger partial charge on any atom is 0.416 e. The molecule has 160 valence electrons. The van der Waals surface area contributed by atoms with Crippen LogP contribution in [0.3, 0.4) is 0 Å². The van der Waals surface area contributed by atoms with E-state index in [-0.39, 0.29) is 36.6 Å². The van der Waals surface area contributed by atoms with Crippen LogP contribution in [0, 0.1) is 0 Å². The maximum atomic E-state index is 13.0. The van der Waals surface area contributed by atoms with E-state index >= 15 is 0 Å². The summed E-state index contributed by atoms with van der Waals surface area (Å²) in [6, 6.07) is 9.50. The lowest BCUT2D eigenvalue weighted by atomic mass is 10.1. The van der Waals surface area contributed by atoms with Crippen LogP contribution in [-0.4, -0.2) is 49.7 Å². The molecular formula is C21H21F3N2O3S. The zero-order chi connectivity index (χ0) is 21.5. The predicted octanol–water partition coefficient (Wildman–Crippen LogP) is 3.34. The lowest BCUT2D eigenvalue weighted by Crippen LogP contribution is -2.50. The fourth-order valence-electron chi connectivity index (χ4n) is 4.00. The minimum Gasteiger partial charge on any atom is -0.336 e. The van der Waals surface area contributed by atoms with E-state index in [0.717, 1.165) is 37.0 Å². The van der Waals surface area contributed by atoms with Gasteiger partial charge in [0.15, 0.2) is 0 Å². The number of carbonyl (C=O) groups is 1. The van der Waals surface area contributed by atoms with Gasteiger partial charge in [-0.25, -0.2) is 8.42 Å². The zero-order valence-electron chi connectivity index (χ0n) is 16.2. The highest BCUT2D eigenvalue weighted by molar-refractivity contribution is 7.89. The number of benzene rings is 2. The third-order valence-corrected chi connectivity index (χ3v) is 7.57. The molecule has 1 aliphatic heterocycles. The standard InChI is InChI=1S/C21H21F3N2O3S/c22-21(23,24)18-6-2-5-17(13-18)20(27)25-9-11-26(12-10-25)30(28,29)19-8-7-15-3-1-4-16(15)14-19/h2,5-8,13-14H,1,3-4,9-12H2. The summed E-state index contributed by atoms with van der Waals surface area (Å²) in [5, 5.41) is 0. The lowest BCUT2D eigenvalue weighted by molar-refractivity contribution is -0.137. The van der Waals surface area contributed by atoms with Gasteiger partial charge in [-0.3, -0.25) is 4.79 Å². The molecule has 0 bridgehead atoms. The Morgan fingerprint density at radius 1 is 0.900 bits per heavy atom. The summed E-state index contributed by atoms with van der Waals surface area (Å²) in [5.74, 6) is -0.532. The second-order valence-corrected chi connectivity index (χ2v) is 9.50. The second-order valence-electron chi connectivity index (χ2n) is 7.56. The highest BCUT2D eigenvalue weighted by Crippen LogP contribution is 2.30.